The molecule has 0 radical (unpaired) electrons. The number of hydrogen-bond donors (Lipinski definition) is 4. The first kappa shape index (κ1) is 29.6. The van der Waals surface area contributed by atoms with E-state index in [1.165, 1.54) is 0 Å². The first-order valence-electron chi connectivity index (χ1n) is 13.7. The summed E-state index contributed by atoms with van der Waals surface area (Å²) < 4.78 is 10.7. The van der Waals surface area contributed by atoms with Crippen LogP contribution in [0, 0.1) is 0 Å². The lowest BCUT2D eigenvalue weighted by molar-refractivity contribution is 0.0825. The van der Waals surface area contributed by atoms with Crippen molar-refractivity contribution in [1.29, 1.82) is 0 Å². The van der Waals surface area contributed by atoms with Crippen molar-refractivity contribution in [2.45, 2.75) is 44.5 Å². The summed E-state index contributed by atoms with van der Waals surface area (Å²) in [6.45, 7) is 4.09. The second-order valence-corrected chi connectivity index (χ2v) is 10.0. The normalized spacial score (nSPS) is 14.0. The van der Waals surface area contributed by atoms with Crippen LogP contribution in [0.15, 0.2) is 102 Å². The quantitative estimate of drug-likeness (QED) is 0.188. The maximum Gasteiger partial charge on any atom is 0.251 e. The number of aliphatic hydroxyl groups excluding tert-OH is 1. The van der Waals surface area contributed by atoms with E-state index in [0.29, 0.717) is 23.3 Å². The Morgan fingerprint density at radius 3 is 2.22 bits per heavy atom. The summed E-state index contributed by atoms with van der Waals surface area (Å²) in [6.07, 6.45) is 1.11. The van der Waals surface area contributed by atoms with Crippen molar-refractivity contribution in [1.82, 2.24) is 16.0 Å². The van der Waals surface area contributed by atoms with Crippen molar-refractivity contribution in [3.63, 3.8) is 0 Å². The van der Waals surface area contributed by atoms with Crippen LogP contribution in [0.1, 0.15) is 63.5 Å². The number of hydrogen-bond acceptors (Lipinski definition) is 6. The molecule has 0 aliphatic carbocycles. The molecule has 214 valence electrons. The Kier molecular flexibility index (Phi) is 10.3. The second kappa shape index (κ2) is 14.3. The number of ether oxygens (including phenoxy) is 1. The van der Waals surface area contributed by atoms with E-state index in [0.717, 1.165) is 16.9 Å². The summed E-state index contributed by atoms with van der Waals surface area (Å²) in [6, 6.07) is 26.6. The van der Waals surface area contributed by atoms with Crippen LogP contribution in [0.5, 0.6) is 5.75 Å². The minimum absolute atomic E-state index is 0.0495. The molecular weight excluding hydrogens is 518 g/mol. The highest BCUT2D eigenvalue weighted by Gasteiger charge is 2.24. The van der Waals surface area contributed by atoms with Crippen LogP contribution in [0.4, 0.5) is 0 Å². The van der Waals surface area contributed by atoms with E-state index in [1.54, 1.807) is 49.8 Å². The van der Waals surface area contributed by atoms with Crippen molar-refractivity contribution >= 4 is 11.8 Å². The second-order valence-electron chi connectivity index (χ2n) is 10.0. The molecule has 4 atom stereocenters. The standard InChI is InChI=1S/C33H37N3O5/c1-22(25-12-8-15-28(20-25)40-3)34-21-30(37)29(18-24-10-5-4-6-11-24)36-33(39)27-14-7-13-26(19-27)32(38)35-23(2)31-16-9-17-41-31/h4-17,19-20,22-23,29-30,34,37H,18,21H2,1-3H3,(H,35,38)(H,36,39)/t22-,23?,29+,30-/m1/s1. The lowest BCUT2D eigenvalue weighted by Gasteiger charge is -2.26. The monoisotopic (exact) mass is 555 g/mol. The van der Waals surface area contributed by atoms with Crippen molar-refractivity contribution < 1.29 is 23.8 Å². The van der Waals surface area contributed by atoms with Crippen molar-refractivity contribution in [3.8, 4) is 5.75 Å². The molecular formula is C33H37N3O5. The predicted octanol–water partition coefficient (Wildman–Crippen LogP) is 4.83. The highest BCUT2D eigenvalue weighted by Crippen LogP contribution is 2.19. The number of carbonyl (C=O) groups is 2. The zero-order chi connectivity index (χ0) is 29.2. The molecule has 0 saturated carbocycles. The van der Waals surface area contributed by atoms with Gasteiger partial charge in [0.05, 0.1) is 31.6 Å². The molecule has 4 aromatic rings. The highest BCUT2D eigenvalue weighted by atomic mass is 16.5. The van der Waals surface area contributed by atoms with Gasteiger partial charge in [0, 0.05) is 23.7 Å². The molecule has 1 aromatic heterocycles. The third kappa shape index (κ3) is 8.30. The van der Waals surface area contributed by atoms with Gasteiger partial charge in [0.1, 0.15) is 11.5 Å². The molecule has 2 amide bonds. The largest absolute Gasteiger partial charge is 0.497 e. The topological polar surface area (TPSA) is 113 Å². The van der Waals surface area contributed by atoms with Crippen molar-refractivity contribution in [3.05, 3.63) is 125 Å². The number of furan rings is 1. The molecule has 0 aliphatic heterocycles. The average Bonchev–Trinajstić information content (AvgIpc) is 3.55. The molecule has 0 fully saturated rings. The number of nitrogens with one attached hydrogen (secondary N) is 3. The number of benzene rings is 3. The summed E-state index contributed by atoms with van der Waals surface area (Å²) in [5.74, 6) is 0.705. The van der Waals surface area contributed by atoms with E-state index < -0.39 is 12.1 Å². The molecule has 1 heterocycles. The molecule has 41 heavy (non-hydrogen) atoms. The summed E-state index contributed by atoms with van der Waals surface area (Å²) in [4.78, 5) is 26.2. The number of carbonyl (C=O) groups excluding carboxylic acids is 2. The Bertz CT molecular complexity index is 1410. The highest BCUT2D eigenvalue weighted by molar-refractivity contribution is 5.99. The van der Waals surface area contributed by atoms with Gasteiger partial charge < -0.3 is 30.2 Å². The maximum atomic E-state index is 13.4. The minimum atomic E-state index is -0.882. The lowest BCUT2D eigenvalue weighted by Crippen LogP contribution is -2.49. The molecule has 0 spiro atoms. The van der Waals surface area contributed by atoms with Gasteiger partial charge in [-0.25, -0.2) is 0 Å². The van der Waals surface area contributed by atoms with Gasteiger partial charge in [-0.2, -0.15) is 0 Å². The average molecular weight is 556 g/mol. The number of methoxy groups -OCH3 is 1. The van der Waals surface area contributed by atoms with Gasteiger partial charge in [-0.1, -0.05) is 48.5 Å². The van der Waals surface area contributed by atoms with Gasteiger partial charge in [0.15, 0.2) is 0 Å². The summed E-state index contributed by atoms with van der Waals surface area (Å²) >= 11 is 0. The Morgan fingerprint density at radius 1 is 0.829 bits per heavy atom. The first-order valence-corrected chi connectivity index (χ1v) is 13.7. The fourth-order valence-corrected chi connectivity index (χ4v) is 4.56. The van der Waals surface area contributed by atoms with Gasteiger partial charge in [-0.3, -0.25) is 9.59 Å². The fourth-order valence-electron chi connectivity index (χ4n) is 4.56. The van der Waals surface area contributed by atoms with E-state index >= 15 is 0 Å². The van der Waals surface area contributed by atoms with Crippen molar-refractivity contribution in [2.75, 3.05) is 13.7 Å². The molecule has 3 aromatic carbocycles. The van der Waals surface area contributed by atoms with E-state index in [1.807, 2.05) is 68.4 Å². The van der Waals surface area contributed by atoms with Crippen LogP contribution in [0.3, 0.4) is 0 Å². The predicted molar refractivity (Wildman–Crippen MR) is 158 cm³/mol. The van der Waals surface area contributed by atoms with Gasteiger partial charge in [0.25, 0.3) is 11.8 Å². The third-order valence-corrected chi connectivity index (χ3v) is 7.01. The number of aliphatic hydroxyl groups is 1. The zero-order valence-electron chi connectivity index (χ0n) is 23.5. The number of amides is 2. The Labute approximate surface area is 240 Å². The van der Waals surface area contributed by atoms with E-state index in [-0.39, 0.29) is 30.4 Å². The van der Waals surface area contributed by atoms with Gasteiger partial charge in [-0.15, -0.1) is 0 Å². The Morgan fingerprint density at radius 2 is 1.54 bits per heavy atom. The van der Waals surface area contributed by atoms with E-state index in [4.69, 9.17) is 9.15 Å². The molecule has 0 saturated heterocycles. The summed E-state index contributed by atoms with van der Waals surface area (Å²) in [5.41, 5.74) is 2.69. The van der Waals surface area contributed by atoms with Gasteiger partial charge in [0.2, 0.25) is 0 Å². The molecule has 1 unspecified atom stereocenters. The number of rotatable bonds is 13. The molecule has 4 N–H and O–H groups in total. The third-order valence-electron chi connectivity index (χ3n) is 7.01. The molecule has 8 heteroatoms. The molecule has 0 aliphatic rings. The van der Waals surface area contributed by atoms with Crippen LogP contribution in [-0.2, 0) is 6.42 Å². The van der Waals surface area contributed by atoms with E-state index in [2.05, 4.69) is 16.0 Å². The van der Waals surface area contributed by atoms with Crippen molar-refractivity contribution in [2.24, 2.45) is 0 Å². The Balaban J connectivity index is 1.44. The summed E-state index contributed by atoms with van der Waals surface area (Å²) in [5, 5.41) is 20.5. The van der Waals surface area contributed by atoms with Crippen LogP contribution in [0.25, 0.3) is 0 Å². The molecule has 4 rings (SSSR count). The SMILES string of the molecule is COc1cccc([C@@H](C)NC[C@@H](O)[C@H](Cc2ccccc2)NC(=O)c2cccc(C(=O)NC(C)c3ccco3)c2)c1. The van der Waals surface area contributed by atoms with Crippen LogP contribution in [0.2, 0.25) is 0 Å². The first-order chi connectivity index (χ1) is 19.8. The van der Waals surface area contributed by atoms with Gasteiger partial charge >= 0.3 is 0 Å². The fraction of sp³-hybridized carbons (Fsp3) is 0.273. The van der Waals surface area contributed by atoms with Crippen LogP contribution >= 0.6 is 0 Å². The van der Waals surface area contributed by atoms with Gasteiger partial charge in [-0.05, 0) is 73.9 Å². The zero-order valence-corrected chi connectivity index (χ0v) is 23.5. The van der Waals surface area contributed by atoms with Crippen LogP contribution in [-0.4, -0.2) is 42.7 Å². The maximum absolute atomic E-state index is 13.4. The van der Waals surface area contributed by atoms with Crippen LogP contribution < -0.4 is 20.7 Å². The molecule has 0 bridgehead atoms. The smallest absolute Gasteiger partial charge is 0.251 e. The Hall–Kier alpha value is -4.40. The minimum Gasteiger partial charge on any atom is -0.497 e. The lowest BCUT2D eigenvalue weighted by atomic mass is 9.99. The van der Waals surface area contributed by atoms with E-state index in [9.17, 15) is 14.7 Å². The molecule has 8 nitrogen and oxygen atoms in total. The summed E-state index contributed by atoms with van der Waals surface area (Å²) in [7, 11) is 1.63.